The lowest BCUT2D eigenvalue weighted by Gasteiger charge is -2.31. The Kier molecular flexibility index (Phi) is 11.3. The number of para-hydroxylation sites is 2. The fraction of sp³-hybridized carbons (Fsp3) is 0.280. The topological polar surface area (TPSA) is 82.1 Å². The molecule has 0 saturated heterocycles. The van der Waals surface area contributed by atoms with Gasteiger partial charge in [0.15, 0.2) is 0 Å². The molecule has 8 rings (SSSR count). The zero-order valence-electron chi connectivity index (χ0n) is 35.0. The van der Waals surface area contributed by atoms with Gasteiger partial charge in [-0.15, -0.1) is 0 Å². The summed E-state index contributed by atoms with van der Waals surface area (Å²) in [6.07, 6.45) is 0.469. The van der Waals surface area contributed by atoms with Gasteiger partial charge in [0.25, 0.3) is 14.7 Å². The van der Waals surface area contributed by atoms with Gasteiger partial charge in [-0.25, -0.2) is 0 Å². The van der Waals surface area contributed by atoms with Crippen molar-refractivity contribution in [3.8, 4) is 45.3 Å². The fourth-order valence-electron chi connectivity index (χ4n) is 7.75. The van der Waals surface area contributed by atoms with Crippen LogP contribution in [0.4, 0.5) is 0 Å². The number of aromatic hydroxyl groups is 1. The molecule has 0 fully saturated rings. The molecular formula is C50H54O6P2. The van der Waals surface area contributed by atoms with Crippen molar-refractivity contribution in [1.29, 1.82) is 0 Å². The number of phenolic OH excluding ortho intramolecular Hbond substituents is 1. The number of aryl methyl sites for hydroxylation is 2. The van der Waals surface area contributed by atoms with E-state index in [1.807, 2.05) is 137 Å². The lowest BCUT2D eigenvalue weighted by molar-refractivity contribution is 0.128. The van der Waals surface area contributed by atoms with Gasteiger partial charge in [-0.3, -0.25) is 9.13 Å². The molecule has 300 valence electrons. The maximum absolute atomic E-state index is 14.4. The molecule has 2 heterocycles. The van der Waals surface area contributed by atoms with Crippen molar-refractivity contribution in [2.75, 3.05) is 0 Å². The average molecular weight is 813 g/mol. The van der Waals surface area contributed by atoms with E-state index in [1.165, 1.54) is 5.56 Å². The summed E-state index contributed by atoms with van der Waals surface area (Å²) in [6.45, 7) is 18.6. The van der Waals surface area contributed by atoms with Crippen molar-refractivity contribution < 1.29 is 28.0 Å². The van der Waals surface area contributed by atoms with E-state index < -0.39 is 14.7 Å². The number of hydrogen-bond donors (Lipinski definition) is 1. The van der Waals surface area contributed by atoms with E-state index in [4.69, 9.17) is 13.8 Å². The number of rotatable bonds is 7. The zero-order chi connectivity index (χ0) is 41.6. The van der Waals surface area contributed by atoms with Crippen LogP contribution >= 0.6 is 14.7 Å². The van der Waals surface area contributed by atoms with Crippen molar-refractivity contribution in [2.45, 2.75) is 92.1 Å². The van der Waals surface area contributed by atoms with Crippen LogP contribution in [-0.4, -0.2) is 10.7 Å². The molecule has 0 aliphatic carbocycles. The molecule has 58 heavy (non-hydrogen) atoms. The Labute approximate surface area is 344 Å². The highest BCUT2D eigenvalue weighted by Crippen LogP contribution is 2.59. The Hall–Kier alpha value is -5.02. The summed E-state index contributed by atoms with van der Waals surface area (Å²) in [4.78, 5) is 0. The van der Waals surface area contributed by atoms with Gasteiger partial charge < -0.3 is 18.9 Å². The molecule has 0 bridgehead atoms. The lowest BCUT2D eigenvalue weighted by atomic mass is 9.97. The molecule has 6 nitrogen and oxygen atoms in total. The Morgan fingerprint density at radius 1 is 0.569 bits per heavy atom. The number of hydrogen-bond acceptors (Lipinski definition) is 6. The molecular weight excluding hydrogens is 758 g/mol. The van der Waals surface area contributed by atoms with E-state index >= 15 is 0 Å². The molecule has 2 aliphatic heterocycles. The molecule has 0 amide bonds. The minimum absolute atomic E-state index is 0.172. The van der Waals surface area contributed by atoms with Crippen LogP contribution in [0.25, 0.3) is 22.3 Å². The van der Waals surface area contributed by atoms with E-state index in [9.17, 15) is 14.2 Å². The molecule has 0 aromatic heterocycles. The van der Waals surface area contributed by atoms with Crippen molar-refractivity contribution in [3.63, 3.8) is 0 Å². The SMILES string of the molecule is Cc1cc(C(C)C)cc(CP2(=O)Oc3ccccc3-c3ccccc32)c1O.Cc1cc(C(C)C)cc(CP2(=O)Oc3ccccc3-c3ccccc32)c1OC(C)(C)C. The number of ether oxygens (including phenoxy) is 1. The Morgan fingerprint density at radius 2 is 0.966 bits per heavy atom. The first-order chi connectivity index (χ1) is 27.5. The van der Waals surface area contributed by atoms with E-state index in [1.54, 1.807) is 0 Å². The van der Waals surface area contributed by atoms with Crippen LogP contribution in [0.1, 0.15) is 93.7 Å². The second-order valence-corrected chi connectivity index (χ2v) is 21.7. The van der Waals surface area contributed by atoms with Crippen LogP contribution < -0.4 is 24.4 Å². The van der Waals surface area contributed by atoms with Crippen LogP contribution in [0.2, 0.25) is 0 Å². The molecule has 0 radical (unpaired) electrons. The van der Waals surface area contributed by atoms with E-state index in [-0.39, 0.29) is 17.5 Å². The Morgan fingerprint density at radius 3 is 1.43 bits per heavy atom. The van der Waals surface area contributed by atoms with Crippen LogP contribution in [-0.2, 0) is 21.5 Å². The average Bonchev–Trinajstić information content (AvgIpc) is 3.18. The van der Waals surface area contributed by atoms with Gasteiger partial charge in [-0.2, -0.15) is 0 Å². The second-order valence-electron chi connectivity index (χ2n) is 17.1. The maximum atomic E-state index is 14.4. The van der Waals surface area contributed by atoms with E-state index in [0.29, 0.717) is 35.1 Å². The van der Waals surface area contributed by atoms with Crippen molar-refractivity contribution >= 4 is 25.3 Å². The molecule has 0 saturated carbocycles. The molecule has 2 atom stereocenters. The van der Waals surface area contributed by atoms with Gasteiger partial charge in [0.1, 0.15) is 28.6 Å². The third-order valence-electron chi connectivity index (χ3n) is 10.7. The predicted octanol–water partition coefficient (Wildman–Crippen LogP) is 13.4. The van der Waals surface area contributed by atoms with Gasteiger partial charge in [-0.05, 0) is 104 Å². The third-order valence-corrected chi connectivity index (χ3v) is 15.4. The number of fused-ring (bicyclic) bond motifs is 6. The van der Waals surface area contributed by atoms with Crippen LogP contribution in [0.5, 0.6) is 23.0 Å². The smallest absolute Gasteiger partial charge is 0.282 e. The summed E-state index contributed by atoms with van der Waals surface area (Å²) >= 11 is 0. The van der Waals surface area contributed by atoms with Crippen molar-refractivity contribution in [2.24, 2.45) is 0 Å². The highest BCUT2D eigenvalue weighted by molar-refractivity contribution is 7.67. The van der Waals surface area contributed by atoms with E-state index in [0.717, 1.165) is 60.9 Å². The van der Waals surface area contributed by atoms with Crippen LogP contribution in [0.3, 0.4) is 0 Å². The standard InChI is InChI=1S/C27H31O3P.C23H23O3P/c1-18(2)20-15-19(3)26(29-27(4,5)6)21(16-20)17-31(28)25-14-10-8-12-23(25)22-11-7-9-13-24(22)30-31;1-15(2)17-12-16(3)23(24)18(13-17)14-27(25)22-11-7-5-9-20(22)19-8-4-6-10-21(19)26-27/h7-16,18H,17H2,1-6H3;4-13,15,24H,14H2,1-3H3. The molecule has 1 N–H and O–H groups in total. The molecule has 8 heteroatoms. The molecule has 6 aromatic rings. The first kappa shape index (κ1) is 41.2. The third kappa shape index (κ3) is 8.28. The molecule has 2 unspecified atom stereocenters. The zero-order valence-corrected chi connectivity index (χ0v) is 36.8. The summed E-state index contributed by atoms with van der Waals surface area (Å²) in [6, 6.07) is 39.4. The lowest BCUT2D eigenvalue weighted by Crippen LogP contribution is -2.25. The summed E-state index contributed by atoms with van der Waals surface area (Å²) in [5.41, 5.74) is 9.34. The predicted molar refractivity (Wildman–Crippen MR) is 239 cm³/mol. The number of phenols is 1. The van der Waals surface area contributed by atoms with E-state index in [2.05, 4.69) is 46.8 Å². The summed E-state index contributed by atoms with van der Waals surface area (Å²) in [5.74, 6) is 3.02. The maximum Gasteiger partial charge on any atom is 0.282 e. The Bertz CT molecular complexity index is 2600. The normalized spacial score (nSPS) is 17.8. The minimum atomic E-state index is -3.21. The van der Waals surface area contributed by atoms with Crippen molar-refractivity contribution in [3.05, 3.63) is 155 Å². The van der Waals surface area contributed by atoms with Gasteiger partial charge in [-0.1, -0.05) is 125 Å². The first-order valence-electron chi connectivity index (χ1n) is 20.1. The van der Waals surface area contributed by atoms with Crippen LogP contribution in [0.15, 0.2) is 121 Å². The van der Waals surface area contributed by atoms with Gasteiger partial charge in [0, 0.05) is 22.3 Å². The highest BCUT2D eigenvalue weighted by Gasteiger charge is 2.38. The monoisotopic (exact) mass is 812 g/mol. The van der Waals surface area contributed by atoms with Gasteiger partial charge >= 0.3 is 0 Å². The highest BCUT2D eigenvalue weighted by atomic mass is 31.2. The van der Waals surface area contributed by atoms with Crippen LogP contribution in [0, 0.1) is 13.8 Å². The first-order valence-corrected chi connectivity index (χ1v) is 23.7. The Balaban J connectivity index is 0.000000178. The van der Waals surface area contributed by atoms with Gasteiger partial charge in [0.2, 0.25) is 0 Å². The second kappa shape index (κ2) is 16.0. The summed E-state index contributed by atoms with van der Waals surface area (Å²) in [7, 11) is -6.41. The molecule has 2 aliphatic rings. The minimum Gasteiger partial charge on any atom is -0.507 e. The fourth-order valence-corrected chi connectivity index (χ4v) is 12.5. The summed E-state index contributed by atoms with van der Waals surface area (Å²) in [5, 5.41) is 12.1. The largest absolute Gasteiger partial charge is 0.507 e. The summed E-state index contributed by atoms with van der Waals surface area (Å²) < 4.78 is 47.1. The van der Waals surface area contributed by atoms with Gasteiger partial charge in [0.05, 0.1) is 22.9 Å². The number of benzene rings is 6. The molecule has 0 spiro atoms. The quantitative estimate of drug-likeness (QED) is 0.162. The molecule has 6 aromatic carbocycles. The van der Waals surface area contributed by atoms with Crippen molar-refractivity contribution in [1.82, 2.24) is 0 Å².